The fourth-order valence-corrected chi connectivity index (χ4v) is 2.55. The molecule has 0 radical (unpaired) electrons. The Hall–Kier alpha value is -1.85. The maximum absolute atomic E-state index is 12.6. The van der Waals surface area contributed by atoms with E-state index in [2.05, 4.69) is 43.4 Å². The van der Waals surface area contributed by atoms with Gasteiger partial charge in [0.05, 0.1) is 17.3 Å². The van der Waals surface area contributed by atoms with Crippen LogP contribution in [0, 0.1) is 6.92 Å². The minimum Gasteiger partial charge on any atom is -0.322 e. The fraction of sp³-hybridized carbons (Fsp3) is 0.444. The Morgan fingerprint density at radius 2 is 1.92 bits per heavy atom. The number of aromatic nitrogens is 2. The summed E-state index contributed by atoms with van der Waals surface area (Å²) in [7, 11) is 0. The molecular formula is C18H27ClN4O. The van der Waals surface area contributed by atoms with Crippen LogP contribution in [0.15, 0.2) is 30.5 Å². The molecule has 0 saturated carbocycles. The highest BCUT2D eigenvalue weighted by Gasteiger charge is 2.21. The quantitative estimate of drug-likeness (QED) is 0.863. The Morgan fingerprint density at radius 1 is 1.25 bits per heavy atom. The van der Waals surface area contributed by atoms with Gasteiger partial charge in [-0.25, -0.2) is 0 Å². The molecular weight excluding hydrogens is 324 g/mol. The van der Waals surface area contributed by atoms with E-state index in [1.54, 1.807) is 6.20 Å². The molecule has 1 aromatic heterocycles. The molecule has 1 amide bonds. The Kier molecular flexibility index (Phi) is 6.99. The molecule has 0 aliphatic heterocycles. The van der Waals surface area contributed by atoms with Crippen LogP contribution in [0.3, 0.4) is 0 Å². The average Bonchev–Trinajstić information content (AvgIpc) is 2.88. The SMILES string of the molecule is CCNCc1ccccc1NC(=O)c1cnn(C(C)(C)C)c1C.Cl. The number of hydrogen-bond acceptors (Lipinski definition) is 3. The van der Waals surface area contributed by atoms with Crippen LogP contribution in [0.5, 0.6) is 0 Å². The lowest BCUT2D eigenvalue weighted by molar-refractivity contribution is 0.102. The first-order valence-electron chi connectivity index (χ1n) is 7.99. The number of anilines is 1. The van der Waals surface area contributed by atoms with Gasteiger partial charge in [-0.3, -0.25) is 9.48 Å². The number of rotatable bonds is 5. The second-order valence-electron chi connectivity index (χ2n) is 6.62. The van der Waals surface area contributed by atoms with E-state index in [4.69, 9.17) is 0 Å². The summed E-state index contributed by atoms with van der Waals surface area (Å²) in [4.78, 5) is 12.6. The number of hydrogen-bond donors (Lipinski definition) is 2. The second kappa shape index (κ2) is 8.31. The molecule has 0 spiro atoms. The molecule has 2 N–H and O–H groups in total. The molecule has 0 saturated heterocycles. The first-order valence-corrected chi connectivity index (χ1v) is 7.99. The Bertz CT molecular complexity index is 689. The number of carbonyl (C=O) groups excluding carboxylic acids is 1. The van der Waals surface area contributed by atoms with Crippen LogP contribution in [-0.2, 0) is 12.1 Å². The van der Waals surface area contributed by atoms with Crippen molar-refractivity contribution in [1.82, 2.24) is 15.1 Å². The van der Waals surface area contributed by atoms with E-state index in [0.29, 0.717) is 5.56 Å². The molecule has 2 rings (SSSR count). The maximum Gasteiger partial charge on any atom is 0.259 e. The Morgan fingerprint density at radius 3 is 2.50 bits per heavy atom. The van der Waals surface area contributed by atoms with E-state index in [1.165, 1.54) is 0 Å². The van der Waals surface area contributed by atoms with E-state index in [9.17, 15) is 4.79 Å². The van der Waals surface area contributed by atoms with Crippen LogP contribution in [0.25, 0.3) is 0 Å². The van der Waals surface area contributed by atoms with Gasteiger partial charge >= 0.3 is 0 Å². The highest BCUT2D eigenvalue weighted by molar-refractivity contribution is 6.05. The van der Waals surface area contributed by atoms with Gasteiger partial charge in [-0.05, 0) is 45.9 Å². The number of benzene rings is 1. The van der Waals surface area contributed by atoms with E-state index in [1.807, 2.05) is 35.9 Å². The Balaban J connectivity index is 0.00000288. The van der Waals surface area contributed by atoms with Gasteiger partial charge in [0.2, 0.25) is 0 Å². The zero-order valence-corrected chi connectivity index (χ0v) is 15.8. The lowest BCUT2D eigenvalue weighted by Gasteiger charge is -2.21. The van der Waals surface area contributed by atoms with Gasteiger partial charge in [-0.15, -0.1) is 12.4 Å². The van der Waals surface area contributed by atoms with E-state index in [0.717, 1.165) is 30.0 Å². The third kappa shape index (κ3) is 4.58. The van der Waals surface area contributed by atoms with Crippen molar-refractivity contribution in [1.29, 1.82) is 0 Å². The number of amides is 1. The lowest BCUT2D eigenvalue weighted by atomic mass is 10.1. The minimum absolute atomic E-state index is 0. The second-order valence-corrected chi connectivity index (χ2v) is 6.62. The van der Waals surface area contributed by atoms with Crippen LogP contribution in [-0.4, -0.2) is 22.2 Å². The third-order valence-electron chi connectivity index (χ3n) is 3.72. The highest BCUT2D eigenvalue weighted by atomic mass is 35.5. The molecule has 2 aromatic rings. The summed E-state index contributed by atoms with van der Waals surface area (Å²) in [6.45, 7) is 11.8. The summed E-state index contributed by atoms with van der Waals surface area (Å²) < 4.78 is 1.88. The van der Waals surface area contributed by atoms with Crippen LogP contribution >= 0.6 is 12.4 Å². The molecule has 132 valence electrons. The van der Waals surface area contributed by atoms with Crippen molar-refractivity contribution < 1.29 is 4.79 Å². The van der Waals surface area contributed by atoms with E-state index < -0.39 is 0 Å². The summed E-state index contributed by atoms with van der Waals surface area (Å²) in [6, 6.07) is 7.85. The van der Waals surface area contributed by atoms with Gasteiger partial charge in [0.1, 0.15) is 0 Å². The molecule has 1 aromatic carbocycles. The monoisotopic (exact) mass is 350 g/mol. The van der Waals surface area contributed by atoms with Gasteiger partial charge in [-0.2, -0.15) is 5.10 Å². The lowest BCUT2D eigenvalue weighted by Crippen LogP contribution is -2.25. The van der Waals surface area contributed by atoms with Crippen molar-refractivity contribution in [2.24, 2.45) is 0 Å². The fourth-order valence-electron chi connectivity index (χ4n) is 2.55. The first-order chi connectivity index (χ1) is 10.8. The maximum atomic E-state index is 12.6. The molecule has 1 heterocycles. The van der Waals surface area contributed by atoms with Gasteiger partial charge in [0, 0.05) is 17.9 Å². The summed E-state index contributed by atoms with van der Waals surface area (Å²) in [5, 5.41) is 10.7. The number of halogens is 1. The summed E-state index contributed by atoms with van der Waals surface area (Å²) >= 11 is 0. The van der Waals surface area contributed by atoms with Crippen molar-refractivity contribution in [3.8, 4) is 0 Å². The van der Waals surface area contributed by atoms with Gasteiger partial charge in [0.15, 0.2) is 0 Å². The van der Waals surface area contributed by atoms with E-state index >= 15 is 0 Å². The molecule has 6 heteroatoms. The van der Waals surface area contributed by atoms with Crippen LogP contribution in [0.4, 0.5) is 5.69 Å². The molecule has 5 nitrogen and oxygen atoms in total. The van der Waals surface area contributed by atoms with Crippen molar-refractivity contribution in [2.75, 3.05) is 11.9 Å². The van der Waals surface area contributed by atoms with Crippen molar-refractivity contribution in [3.05, 3.63) is 47.3 Å². The summed E-state index contributed by atoms with van der Waals surface area (Å²) in [6.07, 6.45) is 1.64. The van der Waals surface area contributed by atoms with Crippen LogP contribution in [0.2, 0.25) is 0 Å². The van der Waals surface area contributed by atoms with Crippen LogP contribution in [0.1, 0.15) is 49.3 Å². The normalized spacial score (nSPS) is 11.0. The highest BCUT2D eigenvalue weighted by Crippen LogP contribution is 2.20. The van der Waals surface area contributed by atoms with Crippen molar-refractivity contribution in [3.63, 3.8) is 0 Å². The van der Waals surface area contributed by atoms with Gasteiger partial charge in [0.25, 0.3) is 5.91 Å². The average molecular weight is 351 g/mol. The number of nitrogens with one attached hydrogen (secondary N) is 2. The minimum atomic E-state index is -0.147. The molecule has 0 fully saturated rings. The van der Waals surface area contributed by atoms with E-state index in [-0.39, 0.29) is 23.9 Å². The van der Waals surface area contributed by atoms with Crippen molar-refractivity contribution in [2.45, 2.75) is 46.7 Å². The van der Waals surface area contributed by atoms with Gasteiger partial charge in [-0.1, -0.05) is 25.1 Å². The predicted molar refractivity (Wildman–Crippen MR) is 101 cm³/mol. The zero-order chi connectivity index (χ0) is 17.0. The molecule has 0 aliphatic rings. The molecule has 0 bridgehead atoms. The topological polar surface area (TPSA) is 58.9 Å². The molecule has 0 unspecified atom stereocenters. The largest absolute Gasteiger partial charge is 0.322 e. The Labute approximate surface area is 150 Å². The van der Waals surface area contributed by atoms with Crippen LogP contribution < -0.4 is 10.6 Å². The van der Waals surface area contributed by atoms with Gasteiger partial charge < -0.3 is 10.6 Å². The zero-order valence-electron chi connectivity index (χ0n) is 15.0. The predicted octanol–water partition coefficient (Wildman–Crippen LogP) is 3.73. The molecule has 24 heavy (non-hydrogen) atoms. The molecule has 0 atom stereocenters. The third-order valence-corrected chi connectivity index (χ3v) is 3.72. The number of para-hydroxylation sites is 1. The smallest absolute Gasteiger partial charge is 0.259 e. The summed E-state index contributed by atoms with van der Waals surface area (Å²) in [5.41, 5.74) is 3.24. The number of carbonyl (C=O) groups is 1. The summed E-state index contributed by atoms with van der Waals surface area (Å²) in [5.74, 6) is -0.123. The van der Waals surface area contributed by atoms with Crippen molar-refractivity contribution >= 4 is 24.0 Å². The molecule has 0 aliphatic carbocycles. The number of nitrogens with zero attached hydrogens (tertiary/aromatic N) is 2. The first kappa shape index (κ1) is 20.2. The standard InChI is InChI=1S/C18H26N4O.ClH/c1-6-19-11-14-9-7-8-10-16(14)21-17(23)15-12-20-22(13(15)2)18(3,4)5;/h7-10,12,19H,6,11H2,1-5H3,(H,21,23);1H.